The molecule has 0 spiro atoms. The molecule has 1 aromatic rings. The average molecular weight is 249 g/mol. The summed E-state index contributed by atoms with van der Waals surface area (Å²) in [5.74, 6) is 0.465. The highest BCUT2D eigenvalue weighted by Gasteiger charge is 2.27. The van der Waals surface area contributed by atoms with Crippen molar-refractivity contribution in [3.05, 3.63) is 24.0 Å². The molecular formula is C13H19N3O2. The zero-order chi connectivity index (χ0) is 13.0. The predicted octanol–water partition coefficient (Wildman–Crippen LogP) is 1.23. The second-order valence-electron chi connectivity index (χ2n) is 4.54. The third-order valence-corrected chi connectivity index (χ3v) is 3.25. The van der Waals surface area contributed by atoms with E-state index in [0.717, 1.165) is 31.8 Å². The Morgan fingerprint density at radius 2 is 2.44 bits per heavy atom. The summed E-state index contributed by atoms with van der Waals surface area (Å²) in [6.07, 6.45) is 2.68. The number of carbonyl (C=O) groups excluding carboxylic acids is 1. The highest BCUT2D eigenvalue weighted by atomic mass is 16.5. The molecule has 2 rings (SSSR count). The van der Waals surface area contributed by atoms with Crippen molar-refractivity contribution < 1.29 is 9.53 Å². The molecule has 0 aliphatic carbocycles. The number of methoxy groups -OCH3 is 1. The van der Waals surface area contributed by atoms with Gasteiger partial charge in [0.15, 0.2) is 0 Å². The molecule has 1 atom stereocenters. The molecular weight excluding hydrogens is 230 g/mol. The summed E-state index contributed by atoms with van der Waals surface area (Å²) in [4.78, 5) is 18.2. The Hall–Kier alpha value is -1.62. The van der Waals surface area contributed by atoms with Gasteiger partial charge in [0, 0.05) is 33.2 Å². The summed E-state index contributed by atoms with van der Waals surface area (Å²) < 4.78 is 5.13. The Bertz CT molecular complexity index is 405. The Morgan fingerprint density at radius 3 is 3.06 bits per heavy atom. The first-order chi connectivity index (χ1) is 8.74. The third kappa shape index (κ3) is 2.79. The fourth-order valence-corrected chi connectivity index (χ4v) is 2.22. The number of carbonyl (C=O) groups is 1. The van der Waals surface area contributed by atoms with E-state index in [-0.39, 0.29) is 5.91 Å². The van der Waals surface area contributed by atoms with Crippen LogP contribution >= 0.6 is 0 Å². The Labute approximate surface area is 107 Å². The van der Waals surface area contributed by atoms with Crippen molar-refractivity contribution in [3.8, 4) is 0 Å². The molecule has 98 valence electrons. The van der Waals surface area contributed by atoms with Gasteiger partial charge < -0.3 is 15.0 Å². The van der Waals surface area contributed by atoms with Crippen molar-refractivity contribution in [2.75, 3.05) is 39.2 Å². The molecule has 0 radical (unpaired) electrons. The van der Waals surface area contributed by atoms with Crippen LogP contribution in [0.1, 0.15) is 16.9 Å². The van der Waals surface area contributed by atoms with Gasteiger partial charge in [0.1, 0.15) is 5.69 Å². The second-order valence-corrected chi connectivity index (χ2v) is 4.54. The molecule has 1 aromatic heterocycles. The highest BCUT2D eigenvalue weighted by Crippen LogP contribution is 2.18. The van der Waals surface area contributed by atoms with E-state index in [2.05, 4.69) is 10.3 Å². The number of ether oxygens (including phenoxy) is 1. The Morgan fingerprint density at radius 1 is 1.61 bits per heavy atom. The quantitative estimate of drug-likeness (QED) is 0.872. The largest absolute Gasteiger partial charge is 0.387 e. The number of aromatic nitrogens is 1. The number of rotatable bonds is 4. The molecule has 0 bridgehead atoms. The molecule has 1 unspecified atom stereocenters. The van der Waals surface area contributed by atoms with E-state index >= 15 is 0 Å². The standard InChI is InChI=1S/C13H19N3O2/c1-14-11-3-4-12(15-7-11)13(17)16-6-5-10(8-16)9-18-2/h3-4,7,10,14H,5-6,8-9H2,1-2H3. The van der Waals surface area contributed by atoms with Gasteiger partial charge in [-0.2, -0.15) is 0 Å². The van der Waals surface area contributed by atoms with E-state index in [1.54, 1.807) is 19.4 Å². The molecule has 18 heavy (non-hydrogen) atoms. The maximum absolute atomic E-state index is 12.2. The van der Waals surface area contributed by atoms with Crippen molar-refractivity contribution in [3.63, 3.8) is 0 Å². The highest BCUT2D eigenvalue weighted by molar-refractivity contribution is 5.92. The predicted molar refractivity (Wildman–Crippen MR) is 69.7 cm³/mol. The first-order valence-electron chi connectivity index (χ1n) is 6.16. The van der Waals surface area contributed by atoms with Gasteiger partial charge in [0.2, 0.25) is 0 Å². The number of anilines is 1. The average Bonchev–Trinajstić information content (AvgIpc) is 2.87. The molecule has 5 nitrogen and oxygen atoms in total. The van der Waals surface area contributed by atoms with Gasteiger partial charge in [-0.1, -0.05) is 0 Å². The first kappa shape index (κ1) is 12.8. The van der Waals surface area contributed by atoms with E-state index in [4.69, 9.17) is 4.74 Å². The molecule has 1 amide bonds. The van der Waals surface area contributed by atoms with E-state index in [1.807, 2.05) is 18.0 Å². The van der Waals surface area contributed by atoms with Crippen LogP contribution in [0.4, 0.5) is 5.69 Å². The fraction of sp³-hybridized carbons (Fsp3) is 0.538. The topological polar surface area (TPSA) is 54.5 Å². The molecule has 1 N–H and O–H groups in total. The molecule has 1 aliphatic rings. The van der Waals surface area contributed by atoms with Crippen molar-refractivity contribution >= 4 is 11.6 Å². The van der Waals surface area contributed by atoms with Gasteiger partial charge in [-0.3, -0.25) is 4.79 Å². The van der Waals surface area contributed by atoms with Gasteiger partial charge in [-0.05, 0) is 18.6 Å². The van der Waals surface area contributed by atoms with E-state index in [0.29, 0.717) is 11.6 Å². The SMILES string of the molecule is CNc1ccc(C(=O)N2CCC(COC)C2)nc1. The van der Waals surface area contributed by atoms with Gasteiger partial charge in [0.05, 0.1) is 18.5 Å². The van der Waals surface area contributed by atoms with Crippen LogP contribution in [-0.2, 0) is 4.74 Å². The summed E-state index contributed by atoms with van der Waals surface area (Å²) in [5, 5.41) is 2.98. The van der Waals surface area contributed by atoms with Gasteiger partial charge >= 0.3 is 0 Å². The van der Waals surface area contributed by atoms with Gasteiger partial charge in [-0.15, -0.1) is 0 Å². The molecule has 0 saturated carbocycles. The molecule has 1 fully saturated rings. The van der Waals surface area contributed by atoms with Crippen molar-refractivity contribution in [1.29, 1.82) is 0 Å². The zero-order valence-electron chi connectivity index (χ0n) is 10.8. The lowest BCUT2D eigenvalue weighted by atomic mass is 10.1. The number of hydrogen-bond acceptors (Lipinski definition) is 4. The van der Waals surface area contributed by atoms with Crippen molar-refractivity contribution in [2.24, 2.45) is 5.92 Å². The molecule has 1 aliphatic heterocycles. The summed E-state index contributed by atoms with van der Waals surface area (Å²) >= 11 is 0. The molecule has 0 aromatic carbocycles. The Balaban J connectivity index is 1.98. The minimum atomic E-state index is 0.0104. The summed E-state index contributed by atoms with van der Waals surface area (Å²) in [6.45, 7) is 2.28. The number of likely N-dealkylation sites (tertiary alicyclic amines) is 1. The summed E-state index contributed by atoms with van der Waals surface area (Å²) in [7, 11) is 3.52. The number of pyridine rings is 1. The van der Waals surface area contributed by atoms with E-state index < -0.39 is 0 Å². The van der Waals surface area contributed by atoms with Crippen LogP contribution in [0, 0.1) is 5.92 Å². The summed E-state index contributed by atoms with van der Waals surface area (Å²) in [6, 6.07) is 3.63. The molecule has 2 heterocycles. The van der Waals surface area contributed by atoms with Crippen LogP contribution in [0.15, 0.2) is 18.3 Å². The molecule has 1 saturated heterocycles. The summed E-state index contributed by atoms with van der Waals surface area (Å²) in [5.41, 5.74) is 1.41. The minimum Gasteiger partial charge on any atom is -0.387 e. The lowest BCUT2D eigenvalue weighted by Crippen LogP contribution is -2.29. The fourth-order valence-electron chi connectivity index (χ4n) is 2.22. The third-order valence-electron chi connectivity index (χ3n) is 3.25. The lowest BCUT2D eigenvalue weighted by molar-refractivity contribution is 0.0770. The van der Waals surface area contributed by atoms with Gasteiger partial charge in [-0.25, -0.2) is 4.98 Å². The smallest absolute Gasteiger partial charge is 0.272 e. The van der Waals surface area contributed by atoms with Crippen LogP contribution in [0.2, 0.25) is 0 Å². The lowest BCUT2D eigenvalue weighted by Gasteiger charge is -2.16. The number of hydrogen-bond donors (Lipinski definition) is 1. The second kappa shape index (κ2) is 5.82. The van der Waals surface area contributed by atoms with Crippen LogP contribution < -0.4 is 5.32 Å². The van der Waals surface area contributed by atoms with E-state index in [1.165, 1.54) is 0 Å². The van der Waals surface area contributed by atoms with Crippen LogP contribution in [0.5, 0.6) is 0 Å². The van der Waals surface area contributed by atoms with Crippen LogP contribution in [-0.4, -0.2) is 49.6 Å². The zero-order valence-corrected chi connectivity index (χ0v) is 10.8. The van der Waals surface area contributed by atoms with Crippen LogP contribution in [0.25, 0.3) is 0 Å². The van der Waals surface area contributed by atoms with Crippen molar-refractivity contribution in [1.82, 2.24) is 9.88 Å². The Kier molecular flexibility index (Phi) is 4.15. The maximum atomic E-state index is 12.2. The minimum absolute atomic E-state index is 0.0104. The monoisotopic (exact) mass is 249 g/mol. The first-order valence-corrected chi connectivity index (χ1v) is 6.16. The maximum Gasteiger partial charge on any atom is 0.272 e. The molecule has 5 heteroatoms. The number of nitrogens with one attached hydrogen (secondary N) is 1. The van der Waals surface area contributed by atoms with Crippen molar-refractivity contribution in [2.45, 2.75) is 6.42 Å². The number of nitrogens with zero attached hydrogens (tertiary/aromatic N) is 2. The van der Waals surface area contributed by atoms with E-state index in [9.17, 15) is 4.79 Å². The van der Waals surface area contributed by atoms with Gasteiger partial charge in [0.25, 0.3) is 5.91 Å². The van der Waals surface area contributed by atoms with Crippen LogP contribution in [0.3, 0.4) is 0 Å². The normalized spacial score (nSPS) is 19.0. The number of amides is 1.